The lowest BCUT2D eigenvalue weighted by molar-refractivity contribution is 0.0153. The molecule has 3 amide bonds. The number of fused-ring (bicyclic) bond motifs is 2. The summed E-state index contributed by atoms with van der Waals surface area (Å²) in [6.07, 6.45) is 17.8. The van der Waals surface area contributed by atoms with Gasteiger partial charge in [0.25, 0.3) is 11.8 Å². The maximum absolute atomic E-state index is 12.6. The molecule has 18 heteroatoms. The number of rotatable bonds is 10. The van der Waals surface area contributed by atoms with Gasteiger partial charge in [0.1, 0.15) is 5.60 Å². The summed E-state index contributed by atoms with van der Waals surface area (Å²) in [6, 6.07) is 4.36. The lowest BCUT2D eigenvalue weighted by Gasteiger charge is -2.39. The second kappa shape index (κ2) is 17.7. The first kappa shape index (κ1) is 42.7. The van der Waals surface area contributed by atoms with E-state index in [-0.39, 0.29) is 24.1 Å². The summed E-state index contributed by atoms with van der Waals surface area (Å²) in [5.41, 5.74) is 18.5. The predicted octanol–water partition coefficient (Wildman–Crippen LogP) is 4.91. The van der Waals surface area contributed by atoms with Crippen molar-refractivity contribution in [2.75, 3.05) is 36.8 Å². The van der Waals surface area contributed by atoms with Crippen LogP contribution in [0.2, 0.25) is 0 Å². The standard InChI is InChI=1S/C24H33N7O3.C19H25N7O/c1-6-15-13-30(23(33)34-24(2,3)4)8-7-19(15)28-21-18(22(25)32)11-27-31-14-16(9-20(21)31)17-10-26-29(5)12-17;1-3-12-7-21-5-4-16(12)24-18-15(19(20)27)9-23-26-11-13(6-17(18)26)14-8-22-25(2)10-14/h9-12,14-15,19,28H,6-8,13H2,1-5H3,(H2,25,32);6,8-12,16,21,24H,3-5,7H2,1-2H3,(H2,20,27)/t15-,19-;12-,16-/m11/s1. The molecule has 18 nitrogen and oxygen atoms in total. The van der Waals surface area contributed by atoms with Crippen molar-refractivity contribution in [1.82, 2.24) is 49.0 Å². The molecule has 0 spiro atoms. The Kier molecular flexibility index (Phi) is 12.4. The van der Waals surface area contributed by atoms with Gasteiger partial charge >= 0.3 is 6.09 Å². The van der Waals surface area contributed by atoms with E-state index in [0.29, 0.717) is 35.8 Å². The molecule has 0 aliphatic carbocycles. The SMILES string of the molecule is CC[C@@H]1CN(C(=O)OC(C)(C)C)CC[C@H]1Nc1c(C(N)=O)cnn2cc(-c3cnn(C)c3)cc12.CC[C@@H]1CNCC[C@H]1Nc1c(C(N)=O)cnn2cc(-c3cnn(C)c3)cc12. The lowest BCUT2D eigenvalue weighted by atomic mass is 9.89. The molecule has 8 rings (SSSR count). The van der Waals surface area contributed by atoms with Gasteiger partial charge in [0, 0.05) is 86.3 Å². The topological polar surface area (TPSA) is 222 Å². The number of hydrogen-bond donors (Lipinski definition) is 5. The second-order valence-electron chi connectivity index (χ2n) is 17.1. The highest BCUT2D eigenvalue weighted by molar-refractivity contribution is 6.03. The molecule has 2 aliphatic rings. The number of carbonyl (C=O) groups is 3. The molecule has 0 radical (unpaired) electrons. The highest BCUT2D eigenvalue weighted by Crippen LogP contribution is 2.33. The fraction of sp³-hybridized carbons (Fsp3) is 0.465. The van der Waals surface area contributed by atoms with Gasteiger partial charge in [-0.05, 0) is 77.1 Å². The Morgan fingerprint density at radius 2 is 1.25 bits per heavy atom. The van der Waals surface area contributed by atoms with Crippen LogP contribution in [-0.4, -0.2) is 105 Å². The number of aromatic nitrogens is 8. The third-order valence-electron chi connectivity index (χ3n) is 11.6. The average Bonchev–Trinajstić information content (AvgIpc) is 4.04. The molecule has 7 N–H and O–H groups in total. The number of carbonyl (C=O) groups excluding carboxylic acids is 3. The Morgan fingerprint density at radius 3 is 1.69 bits per heavy atom. The van der Waals surface area contributed by atoms with Crippen LogP contribution in [-0.2, 0) is 18.8 Å². The summed E-state index contributed by atoms with van der Waals surface area (Å²) in [6.45, 7) is 13.0. The summed E-state index contributed by atoms with van der Waals surface area (Å²) in [4.78, 5) is 38.7. The van der Waals surface area contributed by atoms with Crippen molar-refractivity contribution in [3.05, 3.63) is 72.8 Å². The Balaban J connectivity index is 0.000000189. The van der Waals surface area contributed by atoms with Gasteiger partial charge in [-0.25, -0.2) is 13.8 Å². The molecule has 0 bridgehead atoms. The van der Waals surface area contributed by atoms with E-state index in [1.54, 1.807) is 35.7 Å². The van der Waals surface area contributed by atoms with E-state index in [4.69, 9.17) is 16.2 Å². The molecule has 0 saturated carbocycles. The number of piperidine rings is 2. The zero-order valence-corrected chi connectivity index (χ0v) is 36.1. The number of amides is 3. The van der Waals surface area contributed by atoms with Gasteiger partial charge in [-0.1, -0.05) is 20.3 Å². The minimum Gasteiger partial charge on any atom is -0.444 e. The number of hydrogen-bond acceptors (Lipinski definition) is 11. The number of nitrogens with one attached hydrogen (secondary N) is 3. The van der Waals surface area contributed by atoms with Gasteiger partial charge in [0.2, 0.25) is 0 Å². The molecule has 2 fully saturated rings. The summed E-state index contributed by atoms with van der Waals surface area (Å²) >= 11 is 0. The van der Waals surface area contributed by atoms with Crippen LogP contribution in [0.5, 0.6) is 0 Å². The molecule has 0 unspecified atom stereocenters. The van der Waals surface area contributed by atoms with Crippen LogP contribution in [0.15, 0.2) is 61.7 Å². The number of nitrogens with two attached hydrogens (primary N) is 2. The van der Waals surface area contributed by atoms with Crippen molar-refractivity contribution in [2.45, 2.75) is 78.0 Å². The van der Waals surface area contributed by atoms with Gasteiger partial charge in [-0.15, -0.1) is 0 Å². The Morgan fingerprint density at radius 1 is 0.738 bits per heavy atom. The van der Waals surface area contributed by atoms with Crippen LogP contribution < -0.4 is 27.4 Å². The zero-order chi connectivity index (χ0) is 43.6. The number of nitrogens with zero attached hydrogens (tertiary/aromatic N) is 9. The highest BCUT2D eigenvalue weighted by atomic mass is 16.6. The maximum atomic E-state index is 12.6. The number of likely N-dealkylation sites (tertiary alicyclic amines) is 1. The second-order valence-corrected chi connectivity index (χ2v) is 17.1. The molecule has 6 aromatic heterocycles. The Hall–Kier alpha value is -6.43. The largest absolute Gasteiger partial charge is 0.444 e. The average molecular weight is 835 g/mol. The predicted molar refractivity (Wildman–Crippen MR) is 234 cm³/mol. The van der Waals surface area contributed by atoms with Crippen LogP contribution in [0.4, 0.5) is 16.2 Å². The molecule has 2 saturated heterocycles. The number of anilines is 2. The van der Waals surface area contributed by atoms with Gasteiger partial charge < -0.3 is 37.1 Å². The van der Waals surface area contributed by atoms with E-state index in [2.05, 4.69) is 50.2 Å². The van der Waals surface area contributed by atoms with Crippen molar-refractivity contribution < 1.29 is 19.1 Å². The first-order chi connectivity index (χ1) is 29.1. The van der Waals surface area contributed by atoms with Crippen molar-refractivity contribution >= 4 is 40.3 Å². The van der Waals surface area contributed by atoms with E-state index < -0.39 is 17.4 Å². The molecule has 2 aliphatic heterocycles. The number of primary amides is 2. The van der Waals surface area contributed by atoms with E-state index in [1.165, 1.54) is 6.20 Å². The minimum absolute atomic E-state index is 0.0599. The molecular weight excluding hydrogens is 777 g/mol. The van der Waals surface area contributed by atoms with Crippen molar-refractivity contribution in [3.8, 4) is 22.3 Å². The van der Waals surface area contributed by atoms with Gasteiger partial charge in [-0.3, -0.25) is 19.0 Å². The van der Waals surface area contributed by atoms with Crippen LogP contribution >= 0.6 is 0 Å². The van der Waals surface area contributed by atoms with Crippen LogP contribution in [0.1, 0.15) is 81.0 Å². The van der Waals surface area contributed by atoms with Crippen LogP contribution in [0.3, 0.4) is 0 Å². The zero-order valence-electron chi connectivity index (χ0n) is 36.1. The first-order valence-electron chi connectivity index (χ1n) is 20.9. The number of ether oxygens (including phenoxy) is 1. The summed E-state index contributed by atoms with van der Waals surface area (Å²) in [5, 5.41) is 27.9. The fourth-order valence-corrected chi connectivity index (χ4v) is 8.29. The Labute approximate surface area is 355 Å². The van der Waals surface area contributed by atoms with Gasteiger partial charge in [0.05, 0.1) is 58.3 Å². The third kappa shape index (κ3) is 9.48. The van der Waals surface area contributed by atoms with Crippen LogP contribution in [0, 0.1) is 11.8 Å². The third-order valence-corrected chi connectivity index (χ3v) is 11.6. The summed E-state index contributed by atoms with van der Waals surface area (Å²) in [5.74, 6) is -0.331. The quantitative estimate of drug-likeness (QED) is 0.125. The number of aryl methyl sites for hydroxylation is 2. The summed E-state index contributed by atoms with van der Waals surface area (Å²) < 4.78 is 12.6. The molecule has 6 aromatic rings. The smallest absolute Gasteiger partial charge is 0.410 e. The fourth-order valence-electron chi connectivity index (χ4n) is 8.29. The van der Waals surface area contributed by atoms with Gasteiger partial charge in [-0.2, -0.15) is 20.4 Å². The van der Waals surface area contributed by atoms with Crippen LogP contribution in [0.25, 0.3) is 33.3 Å². The summed E-state index contributed by atoms with van der Waals surface area (Å²) in [7, 11) is 3.75. The highest BCUT2D eigenvalue weighted by Gasteiger charge is 2.34. The minimum atomic E-state index is -0.541. The van der Waals surface area contributed by atoms with Crippen molar-refractivity contribution in [3.63, 3.8) is 0 Å². The Bertz CT molecular complexity index is 2530. The van der Waals surface area contributed by atoms with E-state index in [1.807, 2.05) is 78.0 Å². The lowest BCUT2D eigenvalue weighted by Crippen LogP contribution is -2.49. The molecule has 324 valence electrons. The van der Waals surface area contributed by atoms with Gasteiger partial charge in [0.15, 0.2) is 0 Å². The maximum Gasteiger partial charge on any atom is 0.410 e. The molecular formula is C43H58N14O4. The van der Waals surface area contributed by atoms with E-state index in [9.17, 15) is 14.4 Å². The van der Waals surface area contributed by atoms with Crippen molar-refractivity contribution in [2.24, 2.45) is 37.4 Å². The first-order valence-corrected chi connectivity index (χ1v) is 20.9. The normalized spacial score (nSPS) is 19.4. The van der Waals surface area contributed by atoms with E-state index in [0.717, 1.165) is 77.7 Å². The van der Waals surface area contributed by atoms with E-state index >= 15 is 0 Å². The van der Waals surface area contributed by atoms with Crippen molar-refractivity contribution in [1.29, 1.82) is 0 Å². The molecule has 8 heterocycles. The molecule has 4 atom stereocenters. The molecule has 61 heavy (non-hydrogen) atoms. The molecule has 0 aromatic carbocycles. The monoisotopic (exact) mass is 834 g/mol.